The third kappa shape index (κ3) is 3.66. The second-order valence-corrected chi connectivity index (χ2v) is 6.76. The van der Waals surface area contributed by atoms with Gasteiger partial charge >= 0.3 is 0 Å². The fraction of sp³-hybridized carbons (Fsp3) is 0.400. The lowest BCUT2D eigenvalue weighted by atomic mass is 10.2. The van der Waals surface area contributed by atoms with Crippen molar-refractivity contribution in [1.82, 2.24) is 9.71 Å². The van der Waals surface area contributed by atoms with Crippen molar-refractivity contribution in [2.45, 2.75) is 32.1 Å². The van der Waals surface area contributed by atoms with E-state index in [-0.39, 0.29) is 11.4 Å². The second-order valence-electron chi connectivity index (χ2n) is 5.02. The quantitative estimate of drug-likeness (QED) is 0.880. The Hall–Kier alpha value is -1.86. The molecule has 0 atom stereocenters. The minimum atomic E-state index is -3.56. The van der Waals surface area contributed by atoms with Crippen LogP contribution in [0.5, 0.6) is 5.75 Å². The zero-order valence-corrected chi connectivity index (χ0v) is 14.0. The van der Waals surface area contributed by atoms with Gasteiger partial charge in [-0.15, -0.1) is 0 Å². The van der Waals surface area contributed by atoms with Crippen LogP contribution in [0.2, 0.25) is 0 Å². The number of hydrogen-bond donors (Lipinski definition) is 1. The normalized spacial score (nSPS) is 11.6. The molecule has 7 heteroatoms. The fourth-order valence-corrected chi connectivity index (χ4v) is 3.49. The van der Waals surface area contributed by atoms with Crippen molar-refractivity contribution in [2.75, 3.05) is 13.7 Å². The van der Waals surface area contributed by atoms with E-state index in [9.17, 15) is 8.42 Å². The summed E-state index contributed by atoms with van der Waals surface area (Å²) in [5, 5.41) is 0. The molecule has 1 heterocycles. The van der Waals surface area contributed by atoms with E-state index in [4.69, 9.17) is 9.15 Å². The molecule has 0 aliphatic rings. The van der Waals surface area contributed by atoms with Gasteiger partial charge in [0.15, 0.2) is 5.89 Å². The molecule has 0 saturated heterocycles. The van der Waals surface area contributed by atoms with Crippen molar-refractivity contribution in [3.05, 3.63) is 41.1 Å². The number of methoxy groups -OCH3 is 1. The second kappa shape index (κ2) is 6.50. The number of sulfonamides is 1. The summed E-state index contributed by atoms with van der Waals surface area (Å²) in [7, 11) is -2.02. The molecule has 22 heavy (non-hydrogen) atoms. The summed E-state index contributed by atoms with van der Waals surface area (Å²) in [6.45, 7) is 5.60. The van der Waals surface area contributed by atoms with E-state index in [1.54, 1.807) is 39.2 Å². The Balaban J connectivity index is 2.07. The van der Waals surface area contributed by atoms with E-state index in [1.807, 2.05) is 6.92 Å². The third-order valence-corrected chi connectivity index (χ3v) is 4.94. The molecule has 0 fully saturated rings. The zero-order valence-electron chi connectivity index (χ0n) is 13.1. The van der Waals surface area contributed by atoms with Crippen LogP contribution in [0.25, 0.3) is 0 Å². The molecule has 0 bridgehead atoms. The molecule has 6 nitrogen and oxygen atoms in total. The Morgan fingerprint density at radius 3 is 2.55 bits per heavy atom. The Morgan fingerprint density at radius 1 is 1.27 bits per heavy atom. The van der Waals surface area contributed by atoms with E-state index < -0.39 is 10.0 Å². The maximum Gasteiger partial charge on any atom is 0.240 e. The van der Waals surface area contributed by atoms with Gasteiger partial charge in [0.1, 0.15) is 11.5 Å². The highest BCUT2D eigenvalue weighted by Gasteiger charge is 2.17. The maximum atomic E-state index is 12.3. The number of benzene rings is 1. The lowest BCUT2D eigenvalue weighted by molar-refractivity contribution is 0.414. The van der Waals surface area contributed by atoms with E-state index in [2.05, 4.69) is 9.71 Å². The van der Waals surface area contributed by atoms with Crippen LogP contribution in [0.15, 0.2) is 27.5 Å². The first kappa shape index (κ1) is 16.5. The van der Waals surface area contributed by atoms with Crippen molar-refractivity contribution < 1.29 is 17.6 Å². The van der Waals surface area contributed by atoms with Crippen LogP contribution in [0.3, 0.4) is 0 Å². The molecule has 2 rings (SSSR count). The predicted molar refractivity (Wildman–Crippen MR) is 82.6 cm³/mol. The first-order valence-electron chi connectivity index (χ1n) is 6.90. The van der Waals surface area contributed by atoms with E-state index >= 15 is 0 Å². The van der Waals surface area contributed by atoms with Gasteiger partial charge in [-0.25, -0.2) is 18.1 Å². The van der Waals surface area contributed by atoms with Crippen molar-refractivity contribution in [2.24, 2.45) is 0 Å². The number of nitrogens with one attached hydrogen (secondary N) is 1. The number of nitrogens with zero attached hydrogens (tertiary/aromatic N) is 1. The molecule has 0 unspecified atom stereocenters. The number of aryl methyl sites for hydroxylation is 3. The van der Waals surface area contributed by atoms with Gasteiger partial charge in [0, 0.05) is 19.9 Å². The lowest BCUT2D eigenvalue weighted by Crippen LogP contribution is -2.26. The van der Waals surface area contributed by atoms with Crippen LogP contribution < -0.4 is 9.46 Å². The summed E-state index contributed by atoms with van der Waals surface area (Å²) in [5.41, 5.74) is 1.43. The first-order chi connectivity index (χ1) is 10.3. The van der Waals surface area contributed by atoms with Crippen LogP contribution in [0, 0.1) is 20.8 Å². The summed E-state index contributed by atoms with van der Waals surface area (Å²) in [6.07, 6.45) is 0.459. The average Bonchev–Trinajstić information content (AvgIpc) is 2.76. The highest BCUT2D eigenvalue weighted by Crippen LogP contribution is 2.20. The Morgan fingerprint density at radius 2 is 2.00 bits per heavy atom. The summed E-state index contributed by atoms with van der Waals surface area (Å²) >= 11 is 0. The highest BCUT2D eigenvalue weighted by molar-refractivity contribution is 7.89. The lowest BCUT2D eigenvalue weighted by Gasteiger charge is -2.10. The Bertz CT molecular complexity index is 766. The van der Waals surface area contributed by atoms with Crippen LogP contribution in [0.1, 0.15) is 22.9 Å². The molecule has 0 aliphatic heterocycles. The van der Waals surface area contributed by atoms with Gasteiger partial charge in [-0.2, -0.15) is 0 Å². The topological polar surface area (TPSA) is 81.4 Å². The minimum Gasteiger partial charge on any atom is -0.497 e. The molecule has 120 valence electrons. The molecular weight excluding hydrogens is 304 g/mol. The number of hydrogen-bond acceptors (Lipinski definition) is 5. The van der Waals surface area contributed by atoms with Gasteiger partial charge in [0.2, 0.25) is 10.0 Å². The molecular formula is C15H20N2O4S. The molecule has 0 saturated carbocycles. The van der Waals surface area contributed by atoms with Crippen molar-refractivity contribution in [3.8, 4) is 5.75 Å². The van der Waals surface area contributed by atoms with E-state index in [1.165, 1.54) is 0 Å². The van der Waals surface area contributed by atoms with E-state index in [0.29, 0.717) is 29.4 Å². The Labute approximate surface area is 130 Å². The summed E-state index contributed by atoms with van der Waals surface area (Å²) in [4.78, 5) is 4.41. The summed E-state index contributed by atoms with van der Waals surface area (Å²) in [5.74, 6) is 1.91. The molecule has 1 N–H and O–H groups in total. The van der Waals surface area contributed by atoms with Gasteiger partial charge in [-0.05, 0) is 37.6 Å². The summed E-state index contributed by atoms with van der Waals surface area (Å²) in [6, 6.07) is 4.87. The van der Waals surface area contributed by atoms with Crippen LogP contribution in [-0.2, 0) is 16.4 Å². The average molecular weight is 324 g/mol. The van der Waals surface area contributed by atoms with Gasteiger partial charge in [-0.3, -0.25) is 0 Å². The molecule has 1 aromatic heterocycles. The van der Waals surface area contributed by atoms with Gasteiger partial charge in [-0.1, -0.05) is 0 Å². The molecule has 2 aromatic rings. The van der Waals surface area contributed by atoms with E-state index in [0.717, 1.165) is 5.69 Å². The summed E-state index contributed by atoms with van der Waals surface area (Å²) < 4.78 is 37.8. The number of rotatable bonds is 6. The maximum absolute atomic E-state index is 12.3. The monoisotopic (exact) mass is 324 g/mol. The van der Waals surface area contributed by atoms with Crippen LogP contribution in [0.4, 0.5) is 0 Å². The number of oxazole rings is 1. The van der Waals surface area contributed by atoms with Gasteiger partial charge in [0.05, 0.1) is 17.7 Å². The van der Waals surface area contributed by atoms with Gasteiger partial charge in [0.25, 0.3) is 0 Å². The number of aromatic nitrogens is 1. The molecule has 1 aromatic carbocycles. The van der Waals surface area contributed by atoms with Crippen molar-refractivity contribution in [3.63, 3.8) is 0 Å². The van der Waals surface area contributed by atoms with Crippen molar-refractivity contribution in [1.29, 1.82) is 0 Å². The first-order valence-corrected chi connectivity index (χ1v) is 8.39. The molecule has 0 amide bonds. The minimum absolute atomic E-state index is 0.249. The molecule has 0 spiro atoms. The fourth-order valence-electron chi connectivity index (χ4n) is 2.23. The number of ether oxygens (including phenoxy) is 1. The zero-order chi connectivity index (χ0) is 16.3. The van der Waals surface area contributed by atoms with Crippen LogP contribution in [-0.4, -0.2) is 27.1 Å². The van der Waals surface area contributed by atoms with Crippen molar-refractivity contribution >= 4 is 10.0 Å². The van der Waals surface area contributed by atoms with Gasteiger partial charge < -0.3 is 9.15 Å². The molecule has 0 aliphatic carbocycles. The largest absolute Gasteiger partial charge is 0.497 e. The highest BCUT2D eigenvalue weighted by atomic mass is 32.2. The third-order valence-electron chi connectivity index (χ3n) is 3.32. The SMILES string of the molecule is COc1ccc(S(=O)(=O)NCCc2oc(C)nc2C)c(C)c1. The molecule has 0 radical (unpaired) electrons. The predicted octanol–water partition coefficient (Wildman–Crippen LogP) is 2.13. The standard InChI is InChI=1S/C15H20N2O4S/c1-10-9-13(20-4)5-6-15(10)22(18,19)16-8-7-14-11(2)17-12(3)21-14/h5-6,9,16H,7-8H2,1-4H3. The van der Waals surface area contributed by atoms with Crippen LogP contribution >= 0.6 is 0 Å². The smallest absolute Gasteiger partial charge is 0.240 e. The Kier molecular flexibility index (Phi) is 4.87.